The van der Waals surface area contributed by atoms with Crippen LogP contribution in [0.4, 0.5) is 5.69 Å². The number of anilines is 1. The van der Waals surface area contributed by atoms with Crippen LogP contribution in [-0.2, 0) is 6.54 Å². The van der Waals surface area contributed by atoms with Gasteiger partial charge in [-0.1, -0.05) is 0 Å². The highest BCUT2D eigenvalue weighted by Gasteiger charge is 2.10. The molecule has 0 saturated heterocycles. The molecule has 2 rings (SSSR count). The van der Waals surface area contributed by atoms with Crippen LogP contribution >= 0.6 is 11.8 Å². The van der Waals surface area contributed by atoms with Crippen molar-refractivity contribution >= 4 is 17.4 Å². The molecule has 1 N–H and O–H groups in total. The Hall–Kier alpha value is -1.95. The lowest BCUT2D eigenvalue weighted by Crippen LogP contribution is -2.03. The molecule has 0 radical (unpaired) electrons. The van der Waals surface area contributed by atoms with Crippen molar-refractivity contribution in [1.82, 2.24) is 9.97 Å². The van der Waals surface area contributed by atoms with E-state index in [1.54, 1.807) is 38.4 Å². The van der Waals surface area contributed by atoms with E-state index in [2.05, 4.69) is 15.3 Å². The highest BCUT2D eigenvalue weighted by molar-refractivity contribution is 7.98. The number of ether oxygens (including phenoxy) is 2. The van der Waals surface area contributed by atoms with Crippen LogP contribution in [0, 0.1) is 0 Å². The van der Waals surface area contributed by atoms with Gasteiger partial charge in [0.15, 0.2) is 11.5 Å². The van der Waals surface area contributed by atoms with Crippen molar-refractivity contribution in [1.29, 1.82) is 0 Å². The quantitative estimate of drug-likeness (QED) is 0.826. The number of benzene rings is 1. The third-order valence-corrected chi connectivity index (χ3v) is 3.65. The summed E-state index contributed by atoms with van der Waals surface area (Å²) in [6.45, 7) is 0.671. The van der Waals surface area contributed by atoms with Crippen LogP contribution in [-0.4, -0.2) is 30.4 Å². The van der Waals surface area contributed by atoms with Gasteiger partial charge in [0.1, 0.15) is 6.33 Å². The molecule has 1 aromatic carbocycles. The number of hydrogen-bond donors (Lipinski definition) is 1. The Morgan fingerprint density at radius 2 is 1.75 bits per heavy atom. The van der Waals surface area contributed by atoms with Gasteiger partial charge in [-0.3, -0.25) is 0 Å². The Balaban J connectivity index is 2.21. The molecule has 6 heteroatoms. The molecular formula is C14H17N3O2S. The van der Waals surface area contributed by atoms with Gasteiger partial charge in [0.05, 0.1) is 32.3 Å². The molecule has 0 spiro atoms. The van der Waals surface area contributed by atoms with Crippen molar-refractivity contribution in [2.24, 2.45) is 0 Å². The van der Waals surface area contributed by atoms with Crippen LogP contribution in [0.3, 0.4) is 0 Å². The molecule has 20 heavy (non-hydrogen) atoms. The first-order chi connectivity index (χ1) is 9.78. The van der Waals surface area contributed by atoms with E-state index >= 15 is 0 Å². The van der Waals surface area contributed by atoms with Crippen molar-refractivity contribution in [3.8, 4) is 11.5 Å². The second kappa shape index (κ2) is 7.00. The van der Waals surface area contributed by atoms with E-state index in [9.17, 15) is 0 Å². The van der Waals surface area contributed by atoms with Crippen molar-refractivity contribution in [3.05, 3.63) is 36.4 Å². The SMILES string of the molecule is COc1cc(CNc2cncnc2)c(SC)cc1OC. The molecule has 0 bridgehead atoms. The van der Waals surface area contributed by atoms with Crippen molar-refractivity contribution in [3.63, 3.8) is 0 Å². The lowest BCUT2D eigenvalue weighted by atomic mass is 10.2. The summed E-state index contributed by atoms with van der Waals surface area (Å²) in [6.07, 6.45) is 7.03. The zero-order chi connectivity index (χ0) is 14.4. The molecule has 0 amide bonds. The lowest BCUT2D eigenvalue weighted by Gasteiger charge is -2.14. The number of methoxy groups -OCH3 is 2. The van der Waals surface area contributed by atoms with E-state index in [0.717, 1.165) is 27.6 Å². The van der Waals surface area contributed by atoms with Gasteiger partial charge in [0.2, 0.25) is 0 Å². The Bertz CT molecular complexity index is 564. The zero-order valence-corrected chi connectivity index (χ0v) is 12.5. The van der Waals surface area contributed by atoms with E-state index in [0.29, 0.717) is 6.54 Å². The molecule has 0 saturated carbocycles. The summed E-state index contributed by atoms with van der Waals surface area (Å²) in [7, 11) is 3.28. The number of nitrogens with zero attached hydrogens (tertiary/aromatic N) is 2. The number of thioether (sulfide) groups is 1. The maximum atomic E-state index is 5.34. The first-order valence-electron chi connectivity index (χ1n) is 6.06. The minimum Gasteiger partial charge on any atom is -0.493 e. The van der Waals surface area contributed by atoms with Gasteiger partial charge in [-0.15, -0.1) is 11.8 Å². The molecule has 0 unspecified atom stereocenters. The van der Waals surface area contributed by atoms with Crippen molar-refractivity contribution in [2.75, 3.05) is 25.8 Å². The van der Waals surface area contributed by atoms with Gasteiger partial charge in [0.25, 0.3) is 0 Å². The topological polar surface area (TPSA) is 56.3 Å². The predicted octanol–water partition coefficient (Wildman–Crippen LogP) is 2.83. The molecule has 1 heterocycles. The van der Waals surface area contributed by atoms with Crippen LogP contribution in [0.25, 0.3) is 0 Å². The molecule has 0 aliphatic heterocycles. The summed E-state index contributed by atoms with van der Waals surface area (Å²) in [6, 6.07) is 3.98. The maximum absolute atomic E-state index is 5.34. The van der Waals surface area contributed by atoms with Gasteiger partial charge in [-0.25, -0.2) is 9.97 Å². The van der Waals surface area contributed by atoms with Gasteiger partial charge in [-0.2, -0.15) is 0 Å². The highest BCUT2D eigenvalue weighted by Crippen LogP contribution is 2.34. The fraction of sp³-hybridized carbons (Fsp3) is 0.286. The third-order valence-electron chi connectivity index (χ3n) is 2.83. The molecule has 2 aromatic rings. The Labute approximate surface area is 122 Å². The standard InChI is InChI=1S/C14H17N3O2S/c1-18-12-4-10(14(20-3)5-13(12)19-2)6-17-11-7-15-9-16-8-11/h4-5,7-9,17H,6H2,1-3H3. The van der Waals surface area contributed by atoms with Crippen LogP contribution in [0.2, 0.25) is 0 Å². The minimum absolute atomic E-state index is 0.671. The second-order valence-corrected chi connectivity index (χ2v) is 4.85. The molecule has 0 atom stereocenters. The first kappa shape index (κ1) is 14.5. The van der Waals surface area contributed by atoms with Crippen molar-refractivity contribution in [2.45, 2.75) is 11.4 Å². The average molecular weight is 291 g/mol. The number of rotatable bonds is 6. The maximum Gasteiger partial charge on any atom is 0.161 e. The third kappa shape index (κ3) is 3.33. The molecule has 0 aliphatic carbocycles. The molecule has 106 valence electrons. The van der Waals surface area contributed by atoms with Gasteiger partial charge >= 0.3 is 0 Å². The van der Waals surface area contributed by atoms with E-state index in [1.165, 1.54) is 6.33 Å². The van der Waals surface area contributed by atoms with E-state index in [4.69, 9.17) is 9.47 Å². The summed E-state index contributed by atoms with van der Waals surface area (Å²) in [5, 5.41) is 3.29. The second-order valence-electron chi connectivity index (χ2n) is 4.00. The summed E-state index contributed by atoms with van der Waals surface area (Å²) < 4.78 is 10.7. The van der Waals surface area contributed by atoms with Crippen molar-refractivity contribution < 1.29 is 9.47 Å². The summed E-state index contributed by atoms with van der Waals surface area (Å²) >= 11 is 1.67. The van der Waals surface area contributed by atoms with Gasteiger partial charge in [-0.05, 0) is 24.0 Å². The average Bonchev–Trinajstić information content (AvgIpc) is 2.52. The fourth-order valence-corrected chi connectivity index (χ4v) is 2.44. The molecule has 1 aromatic heterocycles. The summed E-state index contributed by atoms with van der Waals surface area (Å²) in [4.78, 5) is 9.10. The monoisotopic (exact) mass is 291 g/mol. The van der Waals surface area contributed by atoms with Gasteiger partial charge < -0.3 is 14.8 Å². The number of nitrogens with one attached hydrogen (secondary N) is 1. The van der Waals surface area contributed by atoms with Crippen LogP contribution in [0.1, 0.15) is 5.56 Å². The summed E-state index contributed by atoms with van der Waals surface area (Å²) in [5.41, 5.74) is 2.02. The normalized spacial score (nSPS) is 10.2. The largest absolute Gasteiger partial charge is 0.493 e. The molecular weight excluding hydrogens is 274 g/mol. The Morgan fingerprint density at radius 1 is 1.10 bits per heavy atom. The molecule has 5 nitrogen and oxygen atoms in total. The van der Waals surface area contributed by atoms with Crippen LogP contribution in [0.15, 0.2) is 35.7 Å². The predicted molar refractivity (Wildman–Crippen MR) is 80.7 cm³/mol. The Kier molecular flexibility index (Phi) is 5.06. The Morgan fingerprint density at radius 3 is 2.35 bits per heavy atom. The molecule has 0 aliphatic rings. The van der Waals surface area contributed by atoms with E-state index < -0.39 is 0 Å². The smallest absolute Gasteiger partial charge is 0.161 e. The van der Waals surface area contributed by atoms with Crippen LogP contribution in [0.5, 0.6) is 11.5 Å². The number of aromatic nitrogens is 2. The van der Waals surface area contributed by atoms with E-state index in [1.807, 2.05) is 18.4 Å². The van der Waals surface area contributed by atoms with Gasteiger partial charge in [0, 0.05) is 11.4 Å². The zero-order valence-electron chi connectivity index (χ0n) is 11.7. The van der Waals surface area contributed by atoms with Crippen LogP contribution < -0.4 is 14.8 Å². The number of hydrogen-bond acceptors (Lipinski definition) is 6. The lowest BCUT2D eigenvalue weighted by molar-refractivity contribution is 0.353. The fourth-order valence-electron chi connectivity index (χ4n) is 1.82. The highest BCUT2D eigenvalue weighted by atomic mass is 32.2. The summed E-state index contributed by atoms with van der Waals surface area (Å²) in [5.74, 6) is 1.47. The first-order valence-corrected chi connectivity index (χ1v) is 7.28. The minimum atomic E-state index is 0.671. The molecule has 0 fully saturated rings. The van der Waals surface area contributed by atoms with E-state index in [-0.39, 0.29) is 0 Å².